The van der Waals surface area contributed by atoms with Crippen molar-refractivity contribution in [3.05, 3.63) is 80.9 Å². The predicted molar refractivity (Wildman–Crippen MR) is 112 cm³/mol. The normalized spacial score (nSPS) is 15.6. The Kier molecular flexibility index (Phi) is 4.94. The molecule has 1 aromatic heterocycles. The number of aromatic nitrogens is 1. The Bertz CT molecular complexity index is 1180. The Hall–Kier alpha value is -3.39. The number of benzene rings is 2. The van der Waals surface area contributed by atoms with Crippen molar-refractivity contribution in [1.29, 1.82) is 0 Å². The monoisotopic (exact) mass is 407 g/mol. The summed E-state index contributed by atoms with van der Waals surface area (Å²) in [6.45, 7) is 2.69. The Morgan fingerprint density at radius 3 is 2.59 bits per heavy atom. The average Bonchev–Trinajstić information content (AvgIpc) is 3.21. The lowest BCUT2D eigenvalue weighted by atomic mass is 10.1. The predicted octanol–water partition coefficient (Wildman–Crippen LogP) is 4.81. The zero-order chi connectivity index (χ0) is 20.5. The zero-order valence-electron chi connectivity index (χ0n) is 15.6. The molecule has 1 fully saturated rings. The van der Waals surface area contributed by atoms with Crippen LogP contribution in [0.4, 0.5) is 10.5 Å². The minimum absolute atomic E-state index is 0.110. The Balaban J connectivity index is 1.67. The van der Waals surface area contributed by atoms with E-state index in [1.54, 1.807) is 24.3 Å². The fourth-order valence-corrected chi connectivity index (χ4v) is 4.25. The van der Waals surface area contributed by atoms with Crippen molar-refractivity contribution in [3.63, 3.8) is 0 Å². The molecule has 2 heterocycles. The van der Waals surface area contributed by atoms with E-state index in [-0.39, 0.29) is 12.2 Å². The highest BCUT2D eigenvalue weighted by molar-refractivity contribution is 8.18. The SMILES string of the molecule is CCn1cc(/C=C2\SC(=O)N(Cc3ccccc3[N+](=O)[O-])C2=O)c2ccccc21. The van der Waals surface area contributed by atoms with Crippen LogP contribution in [0.1, 0.15) is 18.1 Å². The Morgan fingerprint density at radius 1 is 1.10 bits per heavy atom. The minimum atomic E-state index is -0.510. The first kappa shape index (κ1) is 18.9. The molecule has 0 atom stereocenters. The highest BCUT2D eigenvalue weighted by atomic mass is 32.2. The minimum Gasteiger partial charge on any atom is -0.347 e. The summed E-state index contributed by atoms with van der Waals surface area (Å²) in [5.41, 5.74) is 2.13. The van der Waals surface area contributed by atoms with E-state index in [2.05, 4.69) is 4.57 Å². The van der Waals surface area contributed by atoms with Crippen LogP contribution in [0.3, 0.4) is 0 Å². The van der Waals surface area contributed by atoms with Gasteiger partial charge >= 0.3 is 0 Å². The molecule has 7 nitrogen and oxygen atoms in total. The number of amides is 2. The van der Waals surface area contributed by atoms with E-state index in [1.165, 1.54) is 6.07 Å². The molecule has 0 saturated carbocycles. The van der Waals surface area contributed by atoms with Crippen LogP contribution in [0.15, 0.2) is 59.6 Å². The highest BCUT2D eigenvalue weighted by Gasteiger charge is 2.36. The number of nitrogens with zero attached hydrogens (tertiary/aromatic N) is 3. The van der Waals surface area contributed by atoms with Gasteiger partial charge < -0.3 is 4.57 Å². The summed E-state index contributed by atoms with van der Waals surface area (Å²) in [6.07, 6.45) is 3.68. The van der Waals surface area contributed by atoms with Crippen LogP contribution >= 0.6 is 11.8 Å². The van der Waals surface area contributed by atoms with Crippen LogP contribution < -0.4 is 0 Å². The number of para-hydroxylation sites is 2. The molecule has 1 aliphatic heterocycles. The van der Waals surface area contributed by atoms with Crippen molar-refractivity contribution in [2.45, 2.75) is 20.0 Å². The first-order chi connectivity index (χ1) is 14.0. The van der Waals surface area contributed by atoms with Crippen LogP contribution in [-0.4, -0.2) is 25.5 Å². The third-order valence-corrected chi connectivity index (χ3v) is 5.74. The second-order valence-corrected chi connectivity index (χ2v) is 7.53. The van der Waals surface area contributed by atoms with Crippen LogP contribution in [0, 0.1) is 10.1 Å². The lowest BCUT2D eigenvalue weighted by Crippen LogP contribution is -2.27. The van der Waals surface area contributed by atoms with Gasteiger partial charge in [-0.1, -0.05) is 36.4 Å². The number of hydrogen-bond acceptors (Lipinski definition) is 5. The second kappa shape index (κ2) is 7.56. The molecule has 0 spiro atoms. The van der Waals surface area contributed by atoms with Crippen LogP contribution in [-0.2, 0) is 17.9 Å². The maximum Gasteiger partial charge on any atom is 0.293 e. The van der Waals surface area contributed by atoms with E-state index in [4.69, 9.17) is 0 Å². The molecular formula is C21H17N3O4S. The van der Waals surface area contributed by atoms with Gasteiger partial charge in [-0.15, -0.1) is 0 Å². The van der Waals surface area contributed by atoms with Gasteiger partial charge in [0, 0.05) is 40.8 Å². The van der Waals surface area contributed by atoms with Crippen molar-refractivity contribution >= 4 is 45.6 Å². The lowest BCUT2D eigenvalue weighted by Gasteiger charge is -2.12. The van der Waals surface area contributed by atoms with Gasteiger partial charge in [-0.05, 0) is 30.8 Å². The summed E-state index contributed by atoms with van der Waals surface area (Å²) in [7, 11) is 0. The summed E-state index contributed by atoms with van der Waals surface area (Å²) in [6, 6.07) is 14.0. The summed E-state index contributed by atoms with van der Waals surface area (Å²) < 4.78 is 2.08. The third-order valence-electron chi connectivity index (χ3n) is 4.84. The molecular weight excluding hydrogens is 390 g/mol. The van der Waals surface area contributed by atoms with E-state index >= 15 is 0 Å². The van der Waals surface area contributed by atoms with E-state index in [0.717, 1.165) is 39.7 Å². The first-order valence-corrected chi connectivity index (χ1v) is 9.86. The molecule has 2 amide bonds. The number of fused-ring (bicyclic) bond motifs is 1. The quantitative estimate of drug-likeness (QED) is 0.344. The van der Waals surface area contributed by atoms with Crippen molar-refractivity contribution in [2.75, 3.05) is 0 Å². The van der Waals surface area contributed by atoms with Crippen molar-refractivity contribution in [1.82, 2.24) is 9.47 Å². The van der Waals surface area contributed by atoms with E-state index in [9.17, 15) is 19.7 Å². The van der Waals surface area contributed by atoms with Crippen LogP contribution in [0.25, 0.3) is 17.0 Å². The number of hydrogen-bond donors (Lipinski definition) is 0. The van der Waals surface area contributed by atoms with Crippen molar-refractivity contribution < 1.29 is 14.5 Å². The third kappa shape index (κ3) is 3.42. The summed E-state index contributed by atoms with van der Waals surface area (Å²) in [5.74, 6) is -0.438. The highest BCUT2D eigenvalue weighted by Crippen LogP contribution is 2.35. The first-order valence-electron chi connectivity index (χ1n) is 9.05. The van der Waals surface area contributed by atoms with Gasteiger partial charge in [-0.3, -0.25) is 24.6 Å². The molecule has 0 unspecified atom stereocenters. The number of nitro benzene ring substituents is 1. The van der Waals surface area contributed by atoms with Gasteiger partial charge in [0.05, 0.1) is 16.4 Å². The largest absolute Gasteiger partial charge is 0.347 e. The number of thioether (sulfide) groups is 1. The number of aryl methyl sites for hydroxylation is 1. The van der Waals surface area contributed by atoms with Gasteiger partial charge in [0.25, 0.3) is 16.8 Å². The molecule has 29 heavy (non-hydrogen) atoms. The molecule has 3 aromatic rings. The molecule has 146 valence electrons. The molecule has 0 radical (unpaired) electrons. The Morgan fingerprint density at radius 2 is 1.83 bits per heavy atom. The standard InChI is InChI=1S/C21H17N3O4S/c1-2-22-12-15(16-8-4-6-10-18(16)22)11-19-20(25)23(21(26)29-19)13-14-7-3-5-9-17(14)24(27)28/h3-12H,2,13H2,1H3/b19-11-. The van der Waals surface area contributed by atoms with Gasteiger partial charge in [-0.2, -0.15) is 0 Å². The fraction of sp³-hybridized carbons (Fsp3) is 0.143. The topological polar surface area (TPSA) is 85.4 Å². The molecule has 0 bridgehead atoms. The van der Waals surface area contributed by atoms with E-state index in [1.807, 2.05) is 37.4 Å². The van der Waals surface area contributed by atoms with Gasteiger partial charge in [0.2, 0.25) is 0 Å². The molecule has 8 heteroatoms. The van der Waals surface area contributed by atoms with Gasteiger partial charge in [0.1, 0.15) is 0 Å². The lowest BCUT2D eigenvalue weighted by molar-refractivity contribution is -0.385. The van der Waals surface area contributed by atoms with E-state index < -0.39 is 16.1 Å². The second-order valence-electron chi connectivity index (χ2n) is 6.54. The van der Waals surface area contributed by atoms with Gasteiger partial charge in [-0.25, -0.2) is 0 Å². The number of rotatable bonds is 5. The zero-order valence-corrected chi connectivity index (χ0v) is 16.4. The van der Waals surface area contributed by atoms with Crippen LogP contribution in [0.2, 0.25) is 0 Å². The number of carbonyl (C=O) groups is 2. The number of carbonyl (C=O) groups excluding carboxylic acids is 2. The summed E-state index contributed by atoms with van der Waals surface area (Å²) >= 11 is 0.855. The molecule has 2 aromatic carbocycles. The average molecular weight is 407 g/mol. The van der Waals surface area contributed by atoms with Crippen molar-refractivity contribution in [3.8, 4) is 0 Å². The van der Waals surface area contributed by atoms with Crippen LogP contribution in [0.5, 0.6) is 0 Å². The summed E-state index contributed by atoms with van der Waals surface area (Å²) in [4.78, 5) is 37.4. The Labute approximate surface area is 170 Å². The molecule has 1 saturated heterocycles. The fourth-order valence-electron chi connectivity index (χ4n) is 3.42. The molecule has 0 aliphatic carbocycles. The smallest absolute Gasteiger partial charge is 0.293 e. The number of nitro groups is 1. The molecule has 0 N–H and O–H groups in total. The summed E-state index contributed by atoms with van der Waals surface area (Å²) in [5, 5.41) is 11.8. The maximum absolute atomic E-state index is 12.9. The van der Waals surface area contributed by atoms with Crippen molar-refractivity contribution in [2.24, 2.45) is 0 Å². The number of imide groups is 1. The van der Waals surface area contributed by atoms with Gasteiger partial charge in [0.15, 0.2) is 0 Å². The van der Waals surface area contributed by atoms with E-state index in [0.29, 0.717) is 10.5 Å². The molecule has 1 aliphatic rings. The molecule has 4 rings (SSSR count). The maximum atomic E-state index is 12.9.